The average Bonchev–Trinajstić information content (AvgIpc) is 2.30. The van der Waals surface area contributed by atoms with Crippen molar-refractivity contribution in [1.29, 1.82) is 0 Å². The molecule has 0 aromatic heterocycles. The van der Waals surface area contributed by atoms with Crippen molar-refractivity contribution >= 4 is 11.9 Å². The molecule has 5 nitrogen and oxygen atoms in total. The molecule has 0 bridgehead atoms. The number of carboxylic acid groups (broad SMARTS) is 1. The SMILES string of the molecule is Cc1cc(C)cc(OCC(=O)N[C@@H](C(=O)O)C(C)(C)C)c1. The maximum atomic E-state index is 11.8. The molecule has 1 rings (SSSR count). The number of ether oxygens (including phenoxy) is 1. The van der Waals surface area contributed by atoms with E-state index in [9.17, 15) is 9.59 Å². The number of hydrogen-bond acceptors (Lipinski definition) is 3. The summed E-state index contributed by atoms with van der Waals surface area (Å²) in [7, 11) is 0. The number of hydrogen-bond donors (Lipinski definition) is 2. The lowest BCUT2D eigenvalue weighted by atomic mass is 9.87. The van der Waals surface area contributed by atoms with E-state index < -0.39 is 23.3 Å². The minimum Gasteiger partial charge on any atom is -0.484 e. The van der Waals surface area contributed by atoms with Crippen molar-refractivity contribution in [3.05, 3.63) is 29.3 Å². The number of amides is 1. The summed E-state index contributed by atoms with van der Waals surface area (Å²) in [6, 6.07) is 4.72. The Bertz CT molecular complexity index is 511. The fourth-order valence-electron chi connectivity index (χ4n) is 2.02. The van der Waals surface area contributed by atoms with Gasteiger partial charge in [-0.1, -0.05) is 26.8 Å². The lowest BCUT2D eigenvalue weighted by molar-refractivity contribution is -0.145. The molecule has 0 aliphatic heterocycles. The second-order valence-electron chi connectivity index (χ2n) is 6.32. The van der Waals surface area contributed by atoms with Crippen LogP contribution in [0, 0.1) is 19.3 Å². The normalized spacial score (nSPS) is 12.6. The van der Waals surface area contributed by atoms with Gasteiger partial charge in [-0.15, -0.1) is 0 Å². The van der Waals surface area contributed by atoms with Gasteiger partial charge in [0.25, 0.3) is 5.91 Å². The number of carbonyl (C=O) groups excluding carboxylic acids is 1. The van der Waals surface area contributed by atoms with Gasteiger partial charge in [-0.25, -0.2) is 4.79 Å². The zero-order valence-corrected chi connectivity index (χ0v) is 13.2. The molecule has 0 saturated heterocycles. The Kier molecular flexibility index (Phi) is 5.35. The summed E-state index contributed by atoms with van der Waals surface area (Å²) in [5, 5.41) is 11.7. The molecular formula is C16H23NO4. The van der Waals surface area contributed by atoms with Gasteiger partial charge in [-0.05, 0) is 42.5 Å². The van der Waals surface area contributed by atoms with E-state index in [1.165, 1.54) is 0 Å². The van der Waals surface area contributed by atoms with Crippen LogP contribution in [0.1, 0.15) is 31.9 Å². The lowest BCUT2D eigenvalue weighted by Gasteiger charge is -2.27. The van der Waals surface area contributed by atoms with Crippen LogP contribution in [0.15, 0.2) is 18.2 Å². The van der Waals surface area contributed by atoms with Crippen LogP contribution in [-0.2, 0) is 9.59 Å². The van der Waals surface area contributed by atoms with Crippen LogP contribution in [0.2, 0.25) is 0 Å². The number of aryl methyl sites for hydroxylation is 2. The summed E-state index contributed by atoms with van der Waals surface area (Å²) < 4.78 is 5.42. The summed E-state index contributed by atoms with van der Waals surface area (Å²) in [4.78, 5) is 23.0. The van der Waals surface area contributed by atoms with Crippen LogP contribution in [0.4, 0.5) is 0 Å². The largest absolute Gasteiger partial charge is 0.484 e. The molecule has 0 fully saturated rings. The van der Waals surface area contributed by atoms with Gasteiger partial charge < -0.3 is 15.2 Å². The highest BCUT2D eigenvalue weighted by Gasteiger charge is 2.32. The molecule has 0 heterocycles. The van der Waals surface area contributed by atoms with Crippen molar-refractivity contribution in [2.24, 2.45) is 5.41 Å². The van der Waals surface area contributed by atoms with E-state index in [2.05, 4.69) is 5.32 Å². The molecule has 21 heavy (non-hydrogen) atoms. The molecule has 1 atom stereocenters. The van der Waals surface area contributed by atoms with Gasteiger partial charge >= 0.3 is 5.97 Å². The Balaban J connectivity index is 2.63. The van der Waals surface area contributed by atoms with Crippen LogP contribution < -0.4 is 10.1 Å². The Morgan fingerprint density at radius 2 is 1.71 bits per heavy atom. The third-order valence-electron chi connectivity index (χ3n) is 2.98. The van der Waals surface area contributed by atoms with Gasteiger partial charge in [-0.3, -0.25) is 4.79 Å². The smallest absolute Gasteiger partial charge is 0.326 e. The van der Waals surface area contributed by atoms with Crippen molar-refractivity contribution in [2.45, 2.75) is 40.7 Å². The number of carbonyl (C=O) groups is 2. The van der Waals surface area contributed by atoms with Crippen LogP contribution in [0.25, 0.3) is 0 Å². The van der Waals surface area contributed by atoms with Gasteiger partial charge in [-0.2, -0.15) is 0 Å². The molecule has 1 amide bonds. The first kappa shape index (κ1) is 17.0. The maximum Gasteiger partial charge on any atom is 0.326 e. The van der Waals surface area contributed by atoms with Crippen molar-refractivity contribution < 1.29 is 19.4 Å². The number of aliphatic carboxylic acids is 1. The summed E-state index contributed by atoms with van der Waals surface area (Å²) in [6.07, 6.45) is 0. The summed E-state index contributed by atoms with van der Waals surface area (Å²) in [6.45, 7) is 8.97. The van der Waals surface area contributed by atoms with Crippen LogP contribution in [-0.4, -0.2) is 29.6 Å². The molecule has 0 radical (unpaired) electrons. The zero-order chi connectivity index (χ0) is 16.2. The van der Waals surface area contributed by atoms with Crippen LogP contribution in [0.3, 0.4) is 0 Å². The number of benzene rings is 1. The zero-order valence-electron chi connectivity index (χ0n) is 13.2. The fourth-order valence-corrected chi connectivity index (χ4v) is 2.02. The predicted octanol–water partition coefficient (Wildman–Crippen LogP) is 2.30. The second kappa shape index (κ2) is 6.61. The maximum absolute atomic E-state index is 11.8. The van der Waals surface area contributed by atoms with Crippen LogP contribution in [0.5, 0.6) is 5.75 Å². The molecule has 116 valence electrons. The van der Waals surface area contributed by atoms with E-state index in [0.29, 0.717) is 5.75 Å². The van der Waals surface area contributed by atoms with Crippen molar-refractivity contribution in [1.82, 2.24) is 5.32 Å². The third-order valence-corrected chi connectivity index (χ3v) is 2.98. The average molecular weight is 293 g/mol. The summed E-state index contributed by atoms with van der Waals surface area (Å²) in [5.74, 6) is -0.899. The van der Waals surface area contributed by atoms with Crippen molar-refractivity contribution in [3.8, 4) is 5.75 Å². The summed E-state index contributed by atoms with van der Waals surface area (Å²) >= 11 is 0. The van der Waals surface area contributed by atoms with Gasteiger partial charge in [0.1, 0.15) is 11.8 Å². The first-order valence-corrected chi connectivity index (χ1v) is 6.83. The molecule has 0 aliphatic rings. The number of carboxylic acids is 1. The van der Waals surface area contributed by atoms with Gasteiger partial charge in [0, 0.05) is 0 Å². The molecule has 1 aromatic carbocycles. The van der Waals surface area contributed by atoms with E-state index >= 15 is 0 Å². The molecule has 5 heteroatoms. The minimum absolute atomic E-state index is 0.206. The summed E-state index contributed by atoms with van der Waals surface area (Å²) in [5.41, 5.74) is 1.52. The molecule has 0 aliphatic carbocycles. The van der Waals surface area contributed by atoms with Crippen LogP contribution >= 0.6 is 0 Å². The Morgan fingerprint density at radius 1 is 1.19 bits per heavy atom. The molecule has 0 saturated carbocycles. The van der Waals surface area contributed by atoms with Crippen molar-refractivity contribution in [2.75, 3.05) is 6.61 Å². The lowest BCUT2D eigenvalue weighted by Crippen LogP contribution is -2.50. The Hall–Kier alpha value is -2.04. The highest BCUT2D eigenvalue weighted by molar-refractivity contribution is 5.84. The van der Waals surface area contributed by atoms with E-state index in [1.807, 2.05) is 32.0 Å². The third kappa shape index (κ3) is 5.45. The number of rotatable bonds is 5. The molecule has 1 aromatic rings. The van der Waals surface area contributed by atoms with E-state index in [0.717, 1.165) is 11.1 Å². The number of nitrogens with one attached hydrogen (secondary N) is 1. The second-order valence-corrected chi connectivity index (χ2v) is 6.32. The molecule has 0 spiro atoms. The van der Waals surface area contributed by atoms with E-state index in [1.54, 1.807) is 20.8 Å². The molecule has 2 N–H and O–H groups in total. The Morgan fingerprint density at radius 3 is 2.14 bits per heavy atom. The van der Waals surface area contributed by atoms with Gasteiger partial charge in [0.15, 0.2) is 6.61 Å². The molecular weight excluding hydrogens is 270 g/mol. The quantitative estimate of drug-likeness (QED) is 0.873. The van der Waals surface area contributed by atoms with Crippen molar-refractivity contribution in [3.63, 3.8) is 0 Å². The first-order valence-electron chi connectivity index (χ1n) is 6.83. The monoisotopic (exact) mass is 293 g/mol. The molecule has 0 unspecified atom stereocenters. The minimum atomic E-state index is -1.05. The highest BCUT2D eigenvalue weighted by Crippen LogP contribution is 2.19. The Labute approximate surface area is 125 Å². The van der Waals surface area contributed by atoms with E-state index in [-0.39, 0.29) is 6.61 Å². The standard InChI is InChI=1S/C16H23NO4/c1-10-6-11(2)8-12(7-10)21-9-13(18)17-14(15(19)20)16(3,4)5/h6-8,14H,9H2,1-5H3,(H,17,18)(H,19,20)/t14-/m0/s1. The fraction of sp³-hybridized carbons (Fsp3) is 0.500. The van der Waals surface area contributed by atoms with Gasteiger partial charge in [0.2, 0.25) is 0 Å². The van der Waals surface area contributed by atoms with Gasteiger partial charge in [0.05, 0.1) is 0 Å². The first-order chi connectivity index (χ1) is 9.59. The topological polar surface area (TPSA) is 75.6 Å². The van der Waals surface area contributed by atoms with E-state index in [4.69, 9.17) is 9.84 Å². The predicted molar refractivity (Wildman–Crippen MR) is 80.4 cm³/mol. The highest BCUT2D eigenvalue weighted by atomic mass is 16.5.